The van der Waals surface area contributed by atoms with E-state index in [0.29, 0.717) is 0 Å². The summed E-state index contributed by atoms with van der Waals surface area (Å²) in [6.45, 7) is 0. The van der Waals surface area contributed by atoms with E-state index >= 15 is 0 Å². The summed E-state index contributed by atoms with van der Waals surface area (Å²) in [7, 11) is 0. The van der Waals surface area contributed by atoms with Crippen LogP contribution in [0, 0.1) is 0 Å². The van der Waals surface area contributed by atoms with Crippen molar-refractivity contribution < 1.29 is 29.7 Å². The quantitative estimate of drug-likeness (QED) is 0.327. The van der Waals surface area contributed by atoms with Gasteiger partial charge in [-0.05, 0) is 0 Å². The van der Waals surface area contributed by atoms with Gasteiger partial charge in [0, 0.05) is 0 Å². The first-order valence-electron chi connectivity index (χ1n) is 3.70. The Balaban J connectivity index is -0.000000171. The summed E-state index contributed by atoms with van der Waals surface area (Å²) in [6, 6.07) is 0. The molecule has 0 spiro atoms. The first-order chi connectivity index (χ1) is 8.20. The molecule has 0 aliphatic carbocycles. The van der Waals surface area contributed by atoms with Crippen LogP contribution in [0.15, 0.2) is 19.0 Å². The van der Waals surface area contributed by atoms with Gasteiger partial charge in [-0.3, -0.25) is 0 Å². The lowest BCUT2D eigenvalue weighted by Crippen LogP contribution is -2.03. The maximum atomic E-state index is 8.78. The molecule has 0 aliphatic heterocycles. The number of rotatable bonds is 0. The van der Waals surface area contributed by atoms with Crippen LogP contribution in [-0.4, -0.2) is 48.6 Å². The molecule has 18 heavy (non-hydrogen) atoms. The molecule has 1 aromatic heterocycles. The number of carboxylic acid groups (broad SMARTS) is 3. The minimum Gasteiger partial charge on any atom is -0.465 e. The van der Waals surface area contributed by atoms with Crippen LogP contribution >= 0.6 is 0 Å². The van der Waals surface area contributed by atoms with E-state index in [0.717, 1.165) is 0 Å². The van der Waals surface area contributed by atoms with Crippen LogP contribution in [0.25, 0.3) is 0 Å². The highest BCUT2D eigenvalue weighted by molar-refractivity contribution is 5.62. The summed E-state index contributed by atoms with van der Waals surface area (Å²) in [5.74, 6) is 0. The molecule has 0 aliphatic rings. The van der Waals surface area contributed by atoms with Gasteiger partial charge in [-0.25, -0.2) is 29.3 Å². The normalized spacial score (nSPS) is 6.67. The summed E-state index contributed by atoms with van der Waals surface area (Å²) in [6.07, 6.45) is 0.312. The van der Waals surface area contributed by atoms with Gasteiger partial charge in [0.1, 0.15) is 19.0 Å². The van der Waals surface area contributed by atoms with Gasteiger partial charge in [-0.1, -0.05) is 0 Å². The van der Waals surface area contributed by atoms with E-state index in [9.17, 15) is 0 Å². The van der Waals surface area contributed by atoms with Gasteiger partial charge in [0.15, 0.2) is 0 Å². The van der Waals surface area contributed by atoms with E-state index in [-0.39, 0.29) is 0 Å². The molecule has 0 saturated carbocycles. The molecule has 0 fully saturated rings. The monoisotopic (exact) mass is 264 g/mol. The van der Waals surface area contributed by atoms with Gasteiger partial charge in [-0.2, -0.15) is 0 Å². The standard InChI is InChI=1S/C3H3N3.3CH3NO2/c1-4-2-6-3-5-1;3*2-1(3)4/h1-3H;3*2H2,(H,3,4). The van der Waals surface area contributed by atoms with Crippen molar-refractivity contribution in [1.29, 1.82) is 0 Å². The van der Waals surface area contributed by atoms with Crippen LogP contribution in [0.1, 0.15) is 0 Å². The topological polar surface area (TPSA) is 229 Å². The summed E-state index contributed by atoms with van der Waals surface area (Å²) in [5.41, 5.74) is 12.1. The van der Waals surface area contributed by atoms with Crippen molar-refractivity contribution in [2.24, 2.45) is 17.2 Å². The lowest BCUT2D eigenvalue weighted by atomic mass is 11.1. The highest BCUT2D eigenvalue weighted by Gasteiger charge is 1.66. The molecule has 0 saturated heterocycles. The Morgan fingerprint density at radius 3 is 0.833 bits per heavy atom. The molecule has 3 amide bonds. The molecule has 1 heterocycles. The van der Waals surface area contributed by atoms with E-state index in [4.69, 9.17) is 29.7 Å². The van der Waals surface area contributed by atoms with E-state index in [1.165, 1.54) is 19.0 Å². The number of hydrogen-bond donors (Lipinski definition) is 6. The number of carbonyl (C=O) groups is 3. The van der Waals surface area contributed by atoms with Crippen molar-refractivity contribution in [1.82, 2.24) is 15.0 Å². The van der Waals surface area contributed by atoms with Crippen molar-refractivity contribution in [2.45, 2.75) is 0 Å². The Kier molecular flexibility index (Phi) is 18.3. The van der Waals surface area contributed by atoms with Gasteiger partial charge < -0.3 is 32.5 Å². The molecule has 0 radical (unpaired) electrons. The Labute approximate surface area is 100 Å². The molecule has 0 unspecified atom stereocenters. The molecule has 12 heteroatoms. The Morgan fingerprint density at radius 1 is 0.667 bits per heavy atom. The Hall–Kier alpha value is -3.18. The van der Waals surface area contributed by atoms with Gasteiger partial charge in [-0.15, -0.1) is 0 Å². The minimum atomic E-state index is -1.33. The molecule has 0 bridgehead atoms. The predicted octanol–water partition coefficient (Wildman–Crippen LogP) is -1.26. The highest BCUT2D eigenvalue weighted by Crippen LogP contribution is 1.57. The largest absolute Gasteiger partial charge is 0.465 e. The number of nitrogens with two attached hydrogens (primary N) is 3. The number of aromatic nitrogens is 3. The molecule has 12 nitrogen and oxygen atoms in total. The second kappa shape index (κ2) is 16.3. The summed E-state index contributed by atoms with van der Waals surface area (Å²) >= 11 is 0. The Bertz CT molecular complexity index is 265. The molecular weight excluding hydrogens is 252 g/mol. The van der Waals surface area contributed by atoms with Crippen molar-refractivity contribution in [3.63, 3.8) is 0 Å². The summed E-state index contributed by atoms with van der Waals surface area (Å²) in [5, 5.41) is 21.6. The van der Waals surface area contributed by atoms with Crippen LogP contribution in [0.4, 0.5) is 14.4 Å². The molecule has 9 N–H and O–H groups in total. The van der Waals surface area contributed by atoms with Gasteiger partial charge in [0.25, 0.3) is 0 Å². The molecule has 1 aromatic rings. The Morgan fingerprint density at radius 2 is 0.778 bits per heavy atom. The van der Waals surface area contributed by atoms with Crippen LogP contribution in [-0.2, 0) is 0 Å². The first kappa shape index (κ1) is 20.3. The van der Waals surface area contributed by atoms with Gasteiger partial charge in [0.2, 0.25) is 0 Å². The average molecular weight is 264 g/mol. The average Bonchev–Trinajstić information content (AvgIpc) is 2.17. The zero-order valence-electron chi connectivity index (χ0n) is 8.87. The van der Waals surface area contributed by atoms with Crippen LogP contribution < -0.4 is 17.2 Å². The lowest BCUT2D eigenvalue weighted by Gasteiger charge is -1.69. The summed E-state index contributed by atoms with van der Waals surface area (Å²) in [4.78, 5) is 37.0. The second-order valence-corrected chi connectivity index (χ2v) is 1.81. The molecule has 102 valence electrons. The maximum Gasteiger partial charge on any atom is 0.402 e. The third-order valence-corrected chi connectivity index (χ3v) is 0.400. The van der Waals surface area contributed by atoms with Crippen molar-refractivity contribution in [3.8, 4) is 0 Å². The van der Waals surface area contributed by atoms with Gasteiger partial charge >= 0.3 is 18.3 Å². The van der Waals surface area contributed by atoms with E-state index in [2.05, 4.69) is 32.2 Å². The SMILES string of the molecule is NC(=O)O.NC(=O)O.NC(=O)O.c1ncncn1. The number of primary amides is 3. The van der Waals surface area contributed by atoms with Crippen LogP contribution in [0.5, 0.6) is 0 Å². The number of hydrogen-bond acceptors (Lipinski definition) is 6. The fraction of sp³-hybridized carbons (Fsp3) is 0. The molecular formula is C6H12N6O6. The molecule has 0 aromatic carbocycles. The maximum absolute atomic E-state index is 8.78. The zero-order valence-corrected chi connectivity index (χ0v) is 8.87. The number of nitrogens with zero attached hydrogens (tertiary/aromatic N) is 3. The second-order valence-electron chi connectivity index (χ2n) is 1.81. The number of amides is 3. The van der Waals surface area contributed by atoms with Crippen LogP contribution in [0.2, 0.25) is 0 Å². The summed E-state index contributed by atoms with van der Waals surface area (Å²) < 4.78 is 0. The van der Waals surface area contributed by atoms with Crippen molar-refractivity contribution >= 4 is 18.3 Å². The zero-order chi connectivity index (χ0) is 15.0. The van der Waals surface area contributed by atoms with E-state index < -0.39 is 18.3 Å². The fourth-order valence-electron chi connectivity index (χ4n) is 0.205. The predicted molar refractivity (Wildman–Crippen MR) is 56.5 cm³/mol. The minimum absolute atomic E-state index is 1.33. The van der Waals surface area contributed by atoms with E-state index in [1.54, 1.807) is 0 Å². The first-order valence-corrected chi connectivity index (χ1v) is 3.70. The van der Waals surface area contributed by atoms with Gasteiger partial charge in [0.05, 0.1) is 0 Å². The van der Waals surface area contributed by atoms with Crippen molar-refractivity contribution in [3.05, 3.63) is 19.0 Å². The highest BCUT2D eigenvalue weighted by atomic mass is 16.4. The van der Waals surface area contributed by atoms with Crippen molar-refractivity contribution in [2.75, 3.05) is 0 Å². The molecule has 0 atom stereocenters. The fourth-order valence-corrected chi connectivity index (χ4v) is 0.205. The van der Waals surface area contributed by atoms with Crippen LogP contribution in [0.3, 0.4) is 0 Å². The van der Waals surface area contributed by atoms with E-state index in [1.807, 2.05) is 0 Å². The third kappa shape index (κ3) is 225. The molecule has 1 rings (SSSR count). The smallest absolute Gasteiger partial charge is 0.402 e. The third-order valence-electron chi connectivity index (χ3n) is 0.400. The lowest BCUT2D eigenvalue weighted by molar-refractivity contribution is 0.204.